The highest BCUT2D eigenvalue weighted by molar-refractivity contribution is 6.32. The number of halogens is 1. The van der Waals surface area contributed by atoms with Gasteiger partial charge in [-0.05, 0) is 42.4 Å². The largest absolute Gasteiger partial charge is 0.495 e. The lowest BCUT2D eigenvalue weighted by Gasteiger charge is -2.39. The fourth-order valence-corrected chi connectivity index (χ4v) is 2.66. The first-order chi connectivity index (χ1) is 8.28. The summed E-state index contributed by atoms with van der Waals surface area (Å²) >= 11 is 6.29. The molecule has 0 heterocycles. The number of hydrogen-bond donors (Lipinski definition) is 1. The molecule has 18 heavy (non-hydrogen) atoms. The molecule has 1 N–H and O–H groups in total. The Hall–Kier alpha value is -0.730. The molecule has 3 heteroatoms. The van der Waals surface area contributed by atoms with Crippen LogP contribution in [0, 0.1) is 0 Å². The van der Waals surface area contributed by atoms with E-state index < -0.39 is 5.60 Å². The van der Waals surface area contributed by atoms with Gasteiger partial charge >= 0.3 is 0 Å². The molecule has 1 aliphatic carbocycles. The molecule has 1 aromatic carbocycles. The van der Waals surface area contributed by atoms with Crippen LogP contribution in [0.3, 0.4) is 0 Å². The van der Waals surface area contributed by atoms with Crippen LogP contribution >= 0.6 is 11.6 Å². The van der Waals surface area contributed by atoms with Gasteiger partial charge in [-0.25, -0.2) is 0 Å². The van der Waals surface area contributed by atoms with E-state index in [1.165, 1.54) is 0 Å². The molecule has 1 fully saturated rings. The molecule has 0 bridgehead atoms. The second-order valence-electron chi connectivity index (χ2n) is 6.17. The predicted octanol–water partition coefficient (Wildman–Crippen LogP) is 4.02. The zero-order chi connectivity index (χ0) is 13.6. The van der Waals surface area contributed by atoms with Gasteiger partial charge in [-0.3, -0.25) is 0 Å². The van der Waals surface area contributed by atoms with Crippen molar-refractivity contribution in [1.29, 1.82) is 0 Å². The monoisotopic (exact) mass is 268 g/mol. The fraction of sp³-hybridized carbons (Fsp3) is 0.600. The summed E-state index contributed by atoms with van der Waals surface area (Å²) in [7, 11) is 1.60. The van der Waals surface area contributed by atoms with E-state index in [-0.39, 0.29) is 5.41 Å². The Labute approximate surface area is 114 Å². The summed E-state index contributed by atoms with van der Waals surface area (Å²) in [6.45, 7) is 6.42. The van der Waals surface area contributed by atoms with Crippen molar-refractivity contribution in [3.63, 3.8) is 0 Å². The smallest absolute Gasteiger partial charge is 0.143 e. The molecule has 2 rings (SSSR count). The van der Waals surface area contributed by atoms with E-state index in [2.05, 4.69) is 20.8 Å². The molecule has 0 unspecified atom stereocenters. The van der Waals surface area contributed by atoms with Crippen molar-refractivity contribution in [2.45, 2.75) is 51.0 Å². The van der Waals surface area contributed by atoms with Gasteiger partial charge in [0, 0.05) is 5.56 Å². The minimum absolute atomic E-state index is 0.00473. The van der Waals surface area contributed by atoms with E-state index >= 15 is 0 Å². The maximum atomic E-state index is 10.6. The number of methoxy groups -OCH3 is 1. The van der Waals surface area contributed by atoms with E-state index in [1.807, 2.05) is 12.1 Å². The predicted molar refractivity (Wildman–Crippen MR) is 74.5 cm³/mol. The maximum Gasteiger partial charge on any atom is 0.143 e. The summed E-state index contributed by atoms with van der Waals surface area (Å²) in [5.74, 6) is 0.617. The average Bonchev–Trinajstić information content (AvgIpc) is 2.23. The quantitative estimate of drug-likeness (QED) is 0.878. The Kier molecular flexibility index (Phi) is 3.37. The summed E-state index contributed by atoms with van der Waals surface area (Å²) in [6, 6.07) is 3.98. The molecule has 0 aliphatic heterocycles. The van der Waals surface area contributed by atoms with Crippen LogP contribution in [0.15, 0.2) is 12.1 Å². The summed E-state index contributed by atoms with van der Waals surface area (Å²) in [6.07, 6.45) is 2.62. The van der Waals surface area contributed by atoms with Crippen molar-refractivity contribution >= 4 is 11.6 Å². The molecular weight excluding hydrogens is 248 g/mol. The van der Waals surface area contributed by atoms with Crippen molar-refractivity contribution in [3.05, 3.63) is 28.3 Å². The van der Waals surface area contributed by atoms with Crippen molar-refractivity contribution in [1.82, 2.24) is 0 Å². The van der Waals surface area contributed by atoms with Gasteiger partial charge in [-0.15, -0.1) is 0 Å². The van der Waals surface area contributed by atoms with Crippen LogP contribution in [0.5, 0.6) is 5.75 Å². The summed E-state index contributed by atoms with van der Waals surface area (Å²) in [5, 5.41) is 11.2. The lowest BCUT2D eigenvalue weighted by molar-refractivity contribution is -0.0405. The highest BCUT2D eigenvalue weighted by atomic mass is 35.5. The molecule has 0 amide bonds. The van der Waals surface area contributed by atoms with E-state index in [0.29, 0.717) is 10.8 Å². The molecule has 2 nitrogen and oxygen atoms in total. The van der Waals surface area contributed by atoms with Gasteiger partial charge < -0.3 is 9.84 Å². The Bertz CT molecular complexity index is 456. The molecule has 0 aromatic heterocycles. The normalized spacial score (nSPS) is 18.3. The second-order valence-corrected chi connectivity index (χ2v) is 6.58. The van der Waals surface area contributed by atoms with Crippen molar-refractivity contribution < 1.29 is 9.84 Å². The average molecular weight is 269 g/mol. The minimum atomic E-state index is -0.754. The van der Waals surface area contributed by atoms with E-state index in [0.717, 1.165) is 30.4 Å². The molecule has 0 radical (unpaired) electrons. The van der Waals surface area contributed by atoms with Gasteiger partial charge in [-0.2, -0.15) is 0 Å². The molecule has 0 saturated heterocycles. The Morgan fingerprint density at radius 2 is 1.89 bits per heavy atom. The van der Waals surface area contributed by atoms with Crippen LogP contribution < -0.4 is 4.74 Å². The van der Waals surface area contributed by atoms with Crippen LogP contribution in [0.25, 0.3) is 0 Å². The first-order valence-corrected chi connectivity index (χ1v) is 6.76. The Morgan fingerprint density at radius 3 is 2.28 bits per heavy atom. The van der Waals surface area contributed by atoms with Gasteiger partial charge in [0.2, 0.25) is 0 Å². The van der Waals surface area contributed by atoms with Gasteiger partial charge in [0.25, 0.3) is 0 Å². The number of aliphatic hydroxyl groups is 1. The Balaban J connectivity index is 2.58. The number of rotatable bonds is 2. The molecule has 100 valence electrons. The topological polar surface area (TPSA) is 29.5 Å². The van der Waals surface area contributed by atoms with Crippen LogP contribution in [-0.4, -0.2) is 12.2 Å². The maximum absolute atomic E-state index is 10.6. The van der Waals surface area contributed by atoms with Crippen LogP contribution in [0.1, 0.15) is 51.2 Å². The third-order valence-electron chi connectivity index (χ3n) is 3.80. The summed E-state index contributed by atoms with van der Waals surface area (Å²) in [5.41, 5.74) is 1.22. The third kappa shape index (κ3) is 2.24. The van der Waals surface area contributed by atoms with Crippen molar-refractivity contribution in [2.75, 3.05) is 7.11 Å². The lowest BCUT2D eigenvalue weighted by atomic mass is 9.73. The molecule has 1 aromatic rings. The van der Waals surface area contributed by atoms with Gasteiger partial charge in [-0.1, -0.05) is 32.4 Å². The fourth-order valence-electron chi connectivity index (χ4n) is 2.36. The van der Waals surface area contributed by atoms with E-state index in [9.17, 15) is 5.11 Å². The standard InChI is InChI=1S/C15H21ClO2/c1-14(2,3)10-8-11(15(17)6-5-7-15)13(18-4)12(16)9-10/h8-9,17H,5-7H2,1-4H3. The minimum Gasteiger partial charge on any atom is -0.495 e. The van der Waals surface area contributed by atoms with Crippen LogP contribution in [0.2, 0.25) is 5.02 Å². The second kappa shape index (κ2) is 4.43. The summed E-state index contributed by atoms with van der Waals surface area (Å²) in [4.78, 5) is 0. The highest BCUT2D eigenvalue weighted by Gasteiger charge is 2.40. The van der Waals surface area contributed by atoms with Gasteiger partial charge in [0.1, 0.15) is 5.75 Å². The van der Waals surface area contributed by atoms with Crippen LogP contribution in [-0.2, 0) is 11.0 Å². The Morgan fingerprint density at radius 1 is 1.28 bits per heavy atom. The van der Waals surface area contributed by atoms with E-state index in [1.54, 1.807) is 7.11 Å². The van der Waals surface area contributed by atoms with Crippen molar-refractivity contribution in [3.8, 4) is 5.75 Å². The first-order valence-electron chi connectivity index (χ1n) is 6.39. The number of ether oxygens (including phenoxy) is 1. The molecule has 0 atom stereocenters. The first kappa shape index (κ1) is 13.7. The van der Waals surface area contributed by atoms with Crippen molar-refractivity contribution in [2.24, 2.45) is 0 Å². The number of benzene rings is 1. The zero-order valence-electron chi connectivity index (χ0n) is 11.5. The van der Waals surface area contributed by atoms with Gasteiger partial charge in [0.15, 0.2) is 0 Å². The summed E-state index contributed by atoms with van der Waals surface area (Å²) < 4.78 is 5.37. The zero-order valence-corrected chi connectivity index (χ0v) is 12.3. The van der Waals surface area contributed by atoms with E-state index in [4.69, 9.17) is 16.3 Å². The molecule has 1 aliphatic rings. The highest BCUT2D eigenvalue weighted by Crippen LogP contribution is 2.48. The number of hydrogen-bond acceptors (Lipinski definition) is 2. The van der Waals surface area contributed by atoms with Crippen LogP contribution in [0.4, 0.5) is 0 Å². The van der Waals surface area contributed by atoms with Gasteiger partial charge in [0.05, 0.1) is 17.7 Å². The molecule has 1 saturated carbocycles. The molecule has 0 spiro atoms. The third-order valence-corrected chi connectivity index (χ3v) is 4.08. The lowest BCUT2D eigenvalue weighted by Crippen LogP contribution is -2.34. The SMILES string of the molecule is COc1c(Cl)cc(C(C)(C)C)cc1C1(O)CCC1. The molecular formula is C15H21ClO2.